The van der Waals surface area contributed by atoms with Gasteiger partial charge in [-0.2, -0.15) is 17.5 Å². The van der Waals surface area contributed by atoms with Crippen molar-refractivity contribution in [2.75, 3.05) is 0 Å². The van der Waals surface area contributed by atoms with Gasteiger partial charge in [0.05, 0.1) is 0 Å². The number of amides is 2. The first-order valence-electron chi connectivity index (χ1n) is 4.18. The molecule has 0 N–H and O–H groups in total. The zero-order valence-electron chi connectivity index (χ0n) is 7.54. The van der Waals surface area contributed by atoms with E-state index in [1.54, 1.807) is 0 Å². The fourth-order valence-corrected chi connectivity index (χ4v) is 1.94. The van der Waals surface area contributed by atoms with Crippen LogP contribution in [0.3, 0.4) is 0 Å². The van der Waals surface area contributed by atoms with Crippen molar-refractivity contribution in [1.82, 2.24) is 4.31 Å². The predicted octanol–water partition coefficient (Wildman–Crippen LogP) is 1.10. The van der Waals surface area contributed by atoms with Crippen LogP contribution in [0, 0.1) is 0 Å². The summed E-state index contributed by atoms with van der Waals surface area (Å²) < 4.78 is 46.9. The molecule has 2 amide bonds. The lowest BCUT2D eigenvalue weighted by molar-refractivity contribution is -0.138. The van der Waals surface area contributed by atoms with Crippen LogP contribution in [0.5, 0.6) is 0 Å². The molecule has 1 aliphatic rings. The summed E-state index contributed by atoms with van der Waals surface area (Å²) in [5, 5.41) is 0. The number of alkyl halides is 3. The van der Waals surface area contributed by atoms with Crippen LogP contribution in [-0.2, 0) is 20.6 Å². The van der Waals surface area contributed by atoms with Crippen LogP contribution in [0.4, 0.5) is 13.2 Å². The van der Waals surface area contributed by atoms with Gasteiger partial charge in [-0.1, -0.05) is 0 Å². The van der Waals surface area contributed by atoms with E-state index in [0.717, 1.165) is 0 Å². The zero-order valence-corrected chi connectivity index (χ0v) is 8.36. The summed E-state index contributed by atoms with van der Waals surface area (Å²) in [5.74, 6) is -2.04. The first-order valence-corrected chi connectivity index (χ1v) is 5.29. The molecule has 1 heterocycles. The van der Waals surface area contributed by atoms with Crippen LogP contribution in [0.1, 0.15) is 25.7 Å². The Morgan fingerprint density at radius 2 is 1.47 bits per heavy atom. The molecule has 86 valence electrons. The van der Waals surface area contributed by atoms with Gasteiger partial charge in [0.15, 0.2) is 0 Å². The van der Waals surface area contributed by atoms with Crippen molar-refractivity contribution in [3.8, 4) is 0 Å². The molecular weight excluding hydrogens is 235 g/mol. The van der Waals surface area contributed by atoms with Gasteiger partial charge in [0, 0.05) is 12.8 Å². The van der Waals surface area contributed by atoms with E-state index in [4.69, 9.17) is 0 Å². The van der Waals surface area contributed by atoms with Crippen molar-refractivity contribution >= 4 is 22.8 Å². The standard InChI is InChI=1S/C7H8F3NO3S/c8-7(9,10)15(14)11-5(12)3-1-2-4-6(11)13/h1-4H2. The highest BCUT2D eigenvalue weighted by Gasteiger charge is 2.46. The van der Waals surface area contributed by atoms with Gasteiger partial charge < -0.3 is 0 Å². The van der Waals surface area contributed by atoms with E-state index in [0.29, 0.717) is 12.8 Å². The highest BCUT2D eigenvalue weighted by Crippen LogP contribution is 2.26. The maximum absolute atomic E-state index is 12.1. The molecule has 1 unspecified atom stereocenters. The van der Waals surface area contributed by atoms with Crippen LogP contribution in [0.15, 0.2) is 0 Å². The lowest BCUT2D eigenvalue weighted by Crippen LogP contribution is -2.42. The molecule has 0 saturated carbocycles. The molecule has 8 heteroatoms. The second kappa shape index (κ2) is 4.30. The van der Waals surface area contributed by atoms with Crippen LogP contribution >= 0.6 is 0 Å². The molecule has 1 saturated heterocycles. The predicted molar refractivity (Wildman–Crippen MR) is 44.5 cm³/mol. The quantitative estimate of drug-likeness (QED) is 0.648. The number of nitrogens with zero attached hydrogens (tertiary/aromatic N) is 1. The molecule has 0 spiro atoms. The number of carbonyl (C=O) groups is 2. The van der Waals surface area contributed by atoms with Crippen molar-refractivity contribution in [3.63, 3.8) is 0 Å². The summed E-state index contributed by atoms with van der Waals surface area (Å²) in [6.45, 7) is 0. The van der Waals surface area contributed by atoms with Gasteiger partial charge in [0.2, 0.25) is 22.8 Å². The number of carbonyl (C=O) groups excluding carboxylic acids is 2. The molecule has 1 atom stereocenters. The topological polar surface area (TPSA) is 54.5 Å². The molecule has 0 aromatic heterocycles. The second-order valence-corrected chi connectivity index (χ2v) is 4.31. The van der Waals surface area contributed by atoms with E-state index in [1.165, 1.54) is 0 Å². The van der Waals surface area contributed by atoms with Gasteiger partial charge in [-0.05, 0) is 12.8 Å². The van der Waals surface area contributed by atoms with Crippen molar-refractivity contribution in [3.05, 3.63) is 0 Å². The fraction of sp³-hybridized carbons (Fsp3) is 0.714. The van der Waals surface area contributed by atoms with E-state index in [2.05, 4.69) is 0 Å². The number of hydrogen-bond donors (Lipinski definition) is 0. The van der Waals surface area contributed by atoms with E-state index in [-0.39, 0.29) is 17.1 Å². The Kier molecular flexibility index (Phi) is 3.48. The number of rotatable bonds is 1. The van der Waals surface area contributed by atoms with Gasteiger partial charge in [0.1, 0.15) is 0 Å². The molecule has 1 fully saturated rings. The minimum absolute atomic E-state index is 0.173. The van der Waals surface area contributed by atoms with Crippen LogP contribution < -0.4 is 0 Å². The lowest BCUT2D eigenvalue weighted by atomic mass is 10.2. The molecule has 4 nitrogen and oxygen atoms in total. The molecule has 1 aliphatic heterocycles. The molecule has 0 aromatic carbocycles. The molecule has 1 rings (SSSR count). The summed E-state index contributed by atoms with van der Waals surface area (Å²) in [6.07, 6.45) is 0.341. The van der Waals surface area contributed by atoms with E-state index in [9.17, 15) is 27.0 Å². The van der Waals surface area contributed by atoms with Crippen LogP contribution in [-0.4, -0.2) is 25.8 Å². The molecule has 0 aromatic rings. The van der Waals surface area contributed by atoms with E-state index < -0.39 is 28.3 Å². The first-order chi connectivity index (χ1) is 6.84. The van der Waals surface area contributed by atoms with Gasteiger partial charge in [0.25, 0.3) is 0 Å². The number of imide groups is 1. The monoisotopic (exact) mass is 243 g/mol. The number of halogens is 3. The van der Waals surface area contributed by atoms with Crippen LogP contribution in [0.25, 0.3) is 0 Å². The summed E-state index contributed by atoms with van der Waals surface area (Å²) in [5.41, 5.74) is -5.07. The van der Waals surface area contributed by atoms with Gasteiger partial charge in [-0.3, -0.25) is 9.59 Å². The maximum Gasteiger partial charge on any atom is 0.491 e. The van der Waals surface area contributed by atoms with Crippen molar-refractivity contribution in [2.45, 2.75) is 31.2 Å². The highest BCUT2D eigenvalue weighted by molar-refractivity contribution is 7.84. The largest absolute Gasteiger partial charge is 0.491 e. The smallest absolute Gasteiger partial charge is 0.273 e. The second-order valence-electron chi connectivity index (χ2n) is 2.98. The van der Waals surface area contributed by atoms with Crippen molar-refractivity contribution < 1.29 is 27.0 Å². The van der Waals surface area contributed by atoms with E-state index in [1.807, 2.05) is 0 Å². The average molecular weight is 243 g/mol. The Bertz CT molecular complexity index is 297. The van der Waals surface area contributed by atoms with E-state index >= 15 is 0 Å². The third-order valence-electron chi connectivity index (χ3n) is 1.85. The van der Waals surface area contributed by atoms with Crippen LogP contribution in [0.2, 0.25) is 0 Å². The maximum atomic E-state index is 12.1. The number of hydrogen-bond acceptors (Lipinski definition) is 3. The minimum Gasteiger partial charge on any atom is -0.273 e. The highest BCUT2D eigenvalue weighted by atomic mass is 32.2. The Morgan fingerprint density at radius 1 is 1.07 bits per heavy atom. The summed E-state index contributed by atoms with van der Waals surface area (Å²) in [7, 11) is -3.56. The average Bonchev–Trinajstić information content (AvgIpc) is 2.25. The normalized spacial score (nSPS) is 21.4. The molecule has 0 aliphatic carbocycles. The minimum atomic E-state index is -5.07. The Hall–Kier alpha value is -0.920. The Morgan fingerprint density at radius 3 is 1.80 bits per heavy atom. The Balaban J connectivity index is 2.94. The fourth-order valence-electron chi connectivity index (χ4n) is 1.18. The lowest BCUT2D eigenvalue weighted by Gasteiger charge is -2.18. The van der Waals surface area contributed by atoms with Crippen molar-refractivity contribution in [2.24, 2.45) is 0 Å². The molecule has 15 heavy (non-hydrogen) atoms. The SMILES string of the molecule is O=C1CCCCC(=O)N1S(=O)C(F)(F)F. The van der Waals surface area contributed by atoms with Crippen molar-refractivity contribution in [1.29, 1.82) is 0 Å². The van der Waals surface area contributed by atoms with Gasteiger partial charge in [-0.25, -0.2) is 4.21 Å². The zero-order chi connectivity index (χ0) is 11.6. The first kappa shape index (κ1) is 12.2. The summed E-state index contributed by atoms with van der Waals surface area (Å²) in [4.78, 5) is 22.2. The summed E-state index contributed by atoms with van der Waals surface area (Å²) in [6, 6.07) is 0. The van der Waals surface area contributed by atoms with Gasteiger partial charge in [-0.15, -0.1) is 0 Å². The third kappa shape index (κ3) is 2.77. The summed E-state index contributed by atoms with van der Waals surface area (Å²) >= 11 is 0. The third-order valence-corrected chi connectivity index (χ3v) is 2.98. The molecule has 0 radical (unpaired) electrons. The molecule has 0 bridgehead atoms. The Labute approximate surface area is 86.0 Å². The van der Waals surface area contributed by atoms with Gasteiger partial charge >= 0.3 is 5.51 Å². The molecular formula is C7H8F3NO3S.